The van der Waals surface area contributed by atoms with Gasteiger partial charge in [0.2, 0.25) is 0 Å². The van der Waals surface area contributed by atoms with Crippen LogP contribution in [0.2, 0.25) is 0 Å². The zero-order valence-electron chi connectivity index (χ0n) is 10.1. The molecule has 0 saturated carbocycles. The zero-order valence-corrected chi connectivity index (χ0v) is 10.1. The van der Waals surface area contributed by atoms with E-state index in [4.69, 9.17) is 14.6 Å². The number of ether oxygens (including phenoxy) is 2. The first kappa shape index (κ1) is 17.5. The lowest BCUT2D eigenvalue weighted by Crippen LogP contribution is -1.95. The molecule has 0 rings (SSSR count). The summed E-state index contributed by atoms with van der Waals surface area (Å²) in [6.45, 7) is 13.3. The number of hydrogen-bond donors (Lipinski definition) is 1. The molecule has 0 fully saturated rings. The molecular formula is C13H24O3. The van der Waals surface area contributed by atoms with E-state index in [9.17, 15) is 0 Å². The number of unbranched alkanes of at least 4 members (excludes halogenated alkanes) is 1. The highest BCUT2D eigenvalue weighted by atomic mass is 16.5. The summed E-state index contributed by atoms with van der Waals surface area (Å²) in [5.74, 6) is 0. The molecule has 0 spiro atoms. The molecule has 0 aromatic carbocycles. The van der Waals surface area contributed by atoms with Gasteiger partial charge in [0.15, 0.2) is 0 Å². The van der Waals surface area contributed by atoms with Crippen LogP contribution < -0.4 is 0 Å². The Morgan fingerprint density at radius 2 is 1.31 bits per heavy atom. The lowest BCUT2D eigenvalue weighted by atomic mass is 10.3. The van der Waals surface area contributed by atoms with Crippen molar-refractivity contribution in [2.75, 3.05) is 33.0 Å². The maximum absolute atomic E-state index is 8.35. The van der Waals surface area contributed by atoms with E-state index in [2.05, 4.69) is 19.7 Å². The summed E-state index contributed by atoms with van der Waals surface area (Å²) in [5, 5.41) is 8.35. The minimum absolute atomic E-state index is 0.261. The van der Waals surface area contributed by atoms with Crippen LogP contribution in [0, 0.1) is 0 Å². The largest absolute Gasteiger partial charge is 0.396 e. The summed E-state index contributed by atoms with van der Waals surface area (Å²) in [6.07, 6.45) is 6.91. The van der Waals surface area contributed by atoms with Gasteiger partial charge in [0.1, 0.15) is 0 Å². The molecule has 3 heteroatoms. The molecule has 0 aromatic rings. The third-order valence-corrected chi connectivity index (χ3v) is 1.40. The standard InChI is InChI=1S/C7H14O2.C6H10O/c1-2-6-9-7-4-3-5-8;1-3-5-7-6-4-2/h2,8H,1,3-7H2;3-4H,1-2,5-6H2. The third-order valence-electron chi connectivity index (χ3n) is 1.40. The third kappa shape index (κ3) is 23.2. The lowest BCUT2D eigenvalue weighted by Gasteiger charge is -1.97. The van der Waals surface area contributed by atoms with Gasteiger partial charge < -0.3 is 14.6 Å². The van der Waals surface area contributed by atoms with Crippen molar-refractivity contribution in [3.05, 3.63) is 38.0 Å². The van der Waals surface area contributed by atoms with E-state index in [1.54, 1.807) is 18.2 Å². The second-order valence-electron chi connectivity index (χ2n) is 2.91. The van der Waals surface area contributed by atoms with Crippen LogP contribution in [0.3, 0.4) is 0 Å². The van der Waals surface area contributed by atoms with Gasteiger partial charge in [-0.2, -0.15) is 0 Å². The zero-order chi connectivity index (χ0) is 12.5. The molecule has 3 nitrogen and oxygen atoms in total. The lowest BCUT2D eigenvalue weighted by molar-refractivity contribution is 0.150. The van der Waals surface area contributed by atoms with Crippen LogP contribution in [0.15, 0.2) is 38.0 Å². The van der Waals surface area contributed by atoms with Crippen LogP contribution >= 0.6 is 0 Å². The Labute approximate surface area is 99.1 Å². The number of aliphatic hydroxyl groups excluding tert-OH is 1. The molecule has 0 heterocycles. The summed E-state index contributed by atoms with van der Waals surface area (Å²) in [5.41, 5.74) is 0. The highest BCUT2D eigenvalue weighted by Gasteiger charge is 1.84. The van der Waals surface area contributed by atoms with Crippen LogP contribution in [-0.4, -0.2) is 38.1 Å². The van der Waals surface area contributed by atoms with Crippen molar-refractivity contribution < 1.29 is 14.6 Å². The highest BCUT2D eigenvalue weighted by Crippen LogP contribution is 1.87. The van der Waals surface area contributed by atoms with Gasteiger partial charge >= 0.3 is 0 Å². The molecule has 0 aliphatic heterocycles. The monoisotopic (exact) mass is 228 g/mol. The maximum Gasteiger partial charge on any atom is 0.0649 e. The van der Waals surface area contributed by atoms with E-state index >= 15 is 0 Å². The maximum atomic E-state index is 8.35. The quantitative estimate of drug-likeness (QED) is 0.461. The van der Waals surface area contributed by atoms with Crippen molar-refractivity contribution in [3.63, 3.8) is 0 Å². The van der Waals surface area contributed by atoms with E-state index in [-0.39, 0.29) is 6.61 Å². The molecule has 0 unspecified atom stereocenters. The van der Waals surface area contributed by atoms with Gasteiger partial charge in [-0.15, -0.1) is 19.7 Å². The Morgan fingerprint density at radius 3 is 1.75 bits per heavy atom. The van der Waals surface area contributed by atoms with Gasteiger partial charge in [-0.1, -0.05) is 18.2 Å². The Bertz CT molecular complexity index is 147. The fourth-order valence-corrected chi connectivity index (χ4v) is 0.717. The number of hydrogen-bond acceptors (Lipinski definition) is 3. The first-order chi connectivity index (χ1) is 7.83. The molecule has 0 radical (unpaired) electrons. The van der Waals surface area contributed by atoms with Crippen molar-refractivity contribution in [1.82, 2.24) is 0 Å². The summed E-state index contributed by atoms with van der Waals surface area (Å²) in [4.78, 5) is 0. The Balaban J connectivity index is 0. The van der Waals surface area contributed by atoms with E-state index in [0.717, 1.165) is 19.4 Å². The van der Waals surface area contributed by atoms with Crippen molar-refractivity contribution in [2.24, 2.45) is 0 Å². The van der Waals surface area contributed by atoms with Crippen LogP contribution in [0.1, 0.15) is 12.8 Å². The van der Waals surface area contributed by atoms with Crippen molar-refractivity contribution in [2.45, 2.75) is 12.8 Å². The fraction of sp³-hybridized carbons (Fsp3) is 0.538. The van der Waals surface area contributed by atoms with Gasteiger partial charge in [0.05, 0.1) is 19.8 Å². The highest BCUT2D eigenvalue weighted by molar-refractivity contribution is 4.68. The molecule has 0 bridgehead atoms. The Hall–Kier alpha value is -0.900. The molecule has 0 atom stereocenters. The van der Waals surface area contributed by atoms with Gasteiger partial charge in [-0.25, -0.2) is 0 Å². The first-order valence-electron chi connectivity index (χ1n) is 5.42. The number of aliphatic hydroxyl groups is 1. The molecule has 0 amide bonds. The van der Waals surface area contributed by atoms with E-state index in [1.165, 1.54) is 0 Å². The average molecular weight is 228 g/mol. The predicted molar refractivity (Wildman–Crippen MR) is 68.5 cm³/mol. The van der Waals surface area contributed by atoms with Crippen LogP contribution in [-0.2, 0) is 9.47 Å². The molecular weight excluding hydrogens is 204 g/mol. The van der Waals surface area contributed by atoms with Crippen LogP contribution in [0.4, 0.5) is 0 Å². The minimum atomic E-state index is 0.261. The van der Waals surface area contributed by atoms with Gasteiger partial charge in [-0.05, 0) is 12.8 Å². The summed E-state index contributed by atoms with van der Waals surface area (Å²) >= 11 is 0. The van der Waals surface area contributed by atoms with Crippen molar-refractivity contribution in [3.8, 4) is 0 Å². The summed E-state index contributed by atoms with van der Waals surface area (Å²) in [6, 6.07) is 0. The Morgan fingerprint density at radius 1 is 0.812 bits per heavy atom. The predicted octanol–water partition coefficient (Wildman–Crippen LogP) is 2.34. The van der Waals surface area contributed by atoms with E-state index in [1.807, 2.05) is 0 Å². The van der Waals surface area contributed by atoms with Crippen LogP contribution in [0.25, 0.3) is 0 Å². The first-order valence-corrected chi connectivity index (χ1v) is 5.42. The summed E-state index contributed by atoms with van der Waals surface area (Å²) < 4.78 is 9.95. The van der Waals surface area contributed by atoms with E-state index < -0.39 is 0 Å². The van der Waals surface area contributed by atoms with Crippen LogP contribution in [0.5, 0.6) is 0 Å². The second-order valence-corrected chi connectivity index (χ2v) is 2.91. The molecule has 16 heavy (non-hydrogen) atoms. The van der Waals surface area contributed by atoms with Gasteiger partial charge in [0.25, 0.3) is 0 Å². The Kier molecular flexibility index (Phi) is 21.5. The molecule has 0 aliphatic rings. The normalized spacial score (nSPS) is 8.81. The molecule has 94 valence electrons. The van der Waals surface area contributed by atoms with Gasteiger partial charge in [0, 0.05) is 13.2 Å². The molecule has 0 aromatic heterocycles. The van der Waals surface area contributed by atoms with Crippen molar-refractivity contribution in [1.29, 1.82) is 0 Å². The molecule has 1 N–H and O–H groups in total. The second kappa shape index (κ2) is 19.6. The smallest absolute Gasteiger partial charge is 0.0649 e. The van der Waals surface area contributed by atoms with Gasteiger partial charge in [-0.3, -0.25) is 0 Å². The SMILES string of the molecule is C=CCOCC=C.C=CCOCCCCO. The molecule has 0 aliphatic carbocycles. The molecule has 0 saturated heterocycles. The van der Waals surface area contributed by atoms with E-state index in [0.29, 0.717) is 19.8 Å². The van der Waals surface area contributed by atoms with Crippen molar-refractivity contribution >= 4 is 0 Å². The fourth-order valence-electron chi connectivity index (χ4n) is 0.717. The summed E-state index contributed by atoms with van der Waals surface area (Å²) in [7, 11) is 0. The average Bonchev–Trinajstić information content (AvgIpc) is 2.31. The number of rotatable bonds is 10. The minimum Gasteiger partial charge on any atom is -0.396 e. The topological polar surface area (TPSA) is 38.7 Å².